The van der Waals surface area contributed by atoms with Crippen LogP contribution in [0.4, 0.5) is 0 Å². The molecular weight excluding hydrogens is 248 g/mol. The van der Waals surface area contributed by atoms with E-state index in [0.717, 1.165) is 11.1 Å². The first-order valence-electron chi connectivity index (χ1n) is 5.05. The molecule has 0 amide bonds. The number of rotatable bonds is 2. The second kappa shape index (κ2) is 3.72. The number of benzene rings is 1. The van der Waals surface area contributed by atoms with E-state index in [1.165, 1.54) is 0 Å². The van der Waals surface area contributed by atoms with E-state index in [9.17, 15) is 13.5 Å². The molecule has 0 aromatic heterocycles. The zero-order valence-corrected chi connectivity index (χ0v) is 10.5. The summed E-state index contributed by atoms with van der Waals surface area (Å²) in [5.74, 6) is -0.419. The van der Waals surface area contributed by atoms with E-state index < -0.39 is 20.4 Å². The molecule has 0 radical (unpaired) electrons. The van der Waals surface area contributed by atoms with Crippen LogP contribution in [-0.2, 0) is 21.1 Å². The second-order valence-corrected chi connectivity index (χ2v) is 7.15. The van der Waals surface area contributed by atoms with Crippen molar-refractivity contribution in [1.82, 2.24) is 0 Å². The predicted octanol–water partition coefficient (Wildman–Crippen LogP) is 1.70. The van der Waals surface area contributed by atoms with E-state index >= 15 is 0 Å². The highest BCUT2D eigenvalue weighted by molar-refractivity contribution is 8.13. The van der Waals surface area contributed by atoms with Gasteiger partial charge in [0.1, 0.15) is 5.60 Å². The quantitative estimate of drug-likeness (QED) is 0.824. The van der Waals surface area contributed by atoms with Crippen molar-refractivity contribution in [2.24, 2.45) is 0 Å². The fourth-order valence-electron chi connectivity index (χ4n) is 2.29. The summed E-state index contributed by atoms with van der Waals surface area (Å²) in [4.78, 5) is 0. The van der Waals surface area contributed by atoms with Crippen molar-refractivity contribution >= 4 is 19.7 Å². The van der Waals surface area contributed by atoms with Gasteiger partial charge < -0.3 is 5.11 Å². The van der Waals surface area contributed by atoms with Gasteiger partial charge in [-0.2, -0.15) is 0 Å². The third-order valence-electron chi connectivity index (χ3n) is 2.98. The monoisotopic (exact) mass is 260 g/mol. The van der Waals surface area contributed by atoms with Crippen molar-refractivity contribution < 1.29 is 13.5 Å². The lowest BCUT2D eigenvalue weighted by Gasteiger charge is -2.22. The van der Waals surface area contributed by atoms with Crippen LogP contribution < -0.4 is 0 Å². The zero-order chi connectivity index (χ0) is 12.0. The van der Waals surface area contributed by atoms with E-state index in [1.807, 2.05) is 19.1 Å². The van der Waals surface area contributed by atoms with E-state index in [1.54, 1.807) is 6.07 Å². The van der Waals surface area contributed by atoms with Gasteiger partial charge in [0.2, 0.25) is 9.05 Å². The molecule has 0 saturated carbocycles. The summed E-state index contributed by atoms with van der Waals surface area (Å²) in [6.45, 7) is 1.97. The summed E-state index contributed by atoms with van der Waals surface area (Å²) in [5, 5.41) is 10.3. The third-order valence-corrected chi connectivity index (χ3v) is 4.13. The van der Waals surface area contributed by atoms with Crippen molar-refractivity contribution in [3.05, 3.63) is 34.9 Å². The van der Waals surface area contributed by atoms with Crippen LogP contribution in [0.3, 0.4) is 0 Å². The SMILES string of the molecule is Cc1ccc2c(c1)CCC2(O)CS(=O)(=O)Cl. The standard InChI is InChI=1S/C11H13ClO3S/c1-8-2-3-10-9(6-8)4-5-11(10,13)7-16(12,14)15/h2-3,6,13H,4-5,7H2,1H3. The minimum Gasteiger partial charge on any atom is -0.384 e. The summed E-state index contributed by atoms with van der Waals surface area (Å²) in [6, 6.07) is 5.64. The first-order valence-corrected chi connectivity index (χ1v) is 7.53. The topological polar surface area (TPSA) is 54.4 Å². The van der Waals surface area contributed by atoms with Crippen molar-refractivity contribution in [3.63, 3.8) is 0 Å². The average Bonchev–Trinajstić information content (AvgIpc) is 2.40. The molecule has 0 heterocycles. The van der Waals surface area contributed by atoms with Crippen molar-refractivity contribution in [2.75, 3.05) is 5.75 Å². The maximum atomic E-state index is 11.1. The molecule has 1 atom stereocenters. The Bertz CT molecular complexity index is 524. The van der Waals surface area contributed by atoms with Crippen LogP contribution in [-0.4, -0.2) is 19.3 Å². The molecule has 0 fully saturated rings. The lowest BCUT2D eigenvalue weighted by molar-refractivity contribution is 0.0633. The Hall–Kier alpha value is -0.580. The predicted molar refractivity (Wildman–Crippen MR) is 63.0 cm³/mol. The van der Waals surface area contributed by atoms with Crippen LogP contribution in [0.5, 0.6) is 0 Å². The molecular formula is C11H13ClO3S. The lowest BCUT2D eigenvalue weighted by Crippen LogP contribution is -2.30. The van der Waals surface area contributed by atoms with Crippen molar-refractivity contribution in [3.8, 4) is 0 Å². The minimum atomic E-state index is -3.70. The number of fused-ring (bicyclic) bond motifs is 1. The third kappa shape index (κ3) is 2.24. The summed E-state index contributed by atoms with van der Waals surface area (Å²) < 4.78 is 22.1. The highest BCUT2D eigenvalue weighted by Gasteiger charge is 2.40. The van der Waals surface area contributed by atoms with Gasteiger partial charge in [0.25, 0.3) is 0 Å². The number of halogens is 1. The van der Waals surface area contributed by atoms with E-state index in [0.29, 0.717) is 18.4 Å². The molecule has 3 nitrogen and oxygen atoms in total. The lowest BCUT2D eigenvalue weighted by atomic mass is 9.97. The molecule has 0 spiro atoms. The van der Waals surface area contributed by atoms with Gasteiger partial charge in [0, 0.05) is 10.7 Å². The van der Waals surface area contributed by atoms with Gasteiger partial charge in [-0.3, -0.25) is 0 Å². The molecule has 0 saturated heterocycles. The number of hydrogen-bond donors (Lipinski definition) is 1. The van der Waals surface area contributed by atoms with E-state index in [2.05, 4.69) is 0 Å². The Balaban J connectivity index is 2.43. The van der Waals surface area contributed by atoms with E-state index in [4.69, 9.17) is 10.7 Å². The van der Waals surface area contributed by atoms with Gasteiger partial charge in [0.15, 0.2) is 0 Å². The van der Waals surface area contributed by atoms with Gasteiger partial charge in [-0.05, 0) is 30.9 Å². The molecule has 1 aliphatic carbocycles. The summed E-state index contributed by atoms with van der Waals surface area (Å²) in [6.07, 6.45) is 1.11. The molecule has 1 unspecified atom stereocenters. The molecule has 1 aliphatic rings. The van der Waals surface area contributed by atoms with Gasteiger partial charge in [-0.15, -0.1) is 0 Å². The number of aryl methyl sites for hydroxylation is 2. The molecule has 2 rings (SSSR count). The normalized spacial score (nSPS) is 24.4. The number of aliphatic hydroxyl groups is 1. The van der Waals surface area contributed by atoms with Gasteiger partial charge >= 0.3 is 0 Å². The van der Waals surface area contributed by atoms with Gasteiger partial charge in [-0.1, -0.05) is 23.8 Å². The molecule has 1 aromatic rings. The van der Waals surface area contributed by atoms with Gasteiger partial charge in [-0.25, -0.2) is 8.42 Å². The first-order chi connectivity index (χ1) is 7.30. The van der Waals surface area contributed by atoms with Gasteiger partial charge in [0.05, 0.1) is 5.75 Å². The molecule has 5 heteroatoms. The minimum absolute atomic E-state index is 0.414. The molecule has 16 heavy (non-hydrogen) atoms. The molecule has 88 valence electrons. The molecule has 1 N–H and O–H groups in total. The fourth-order valence-corrected chi connectivity index (χ4v) is 3.71. The maximum Gasteiger partial charge on any atom is 0.235 e. The van der Waals surface area contributed by atoms with Crippen LogP contribution in [0.25, 0.3) is 0 Å². The van der Waals surface area contributed by atoms with Crippen LogP contribution in [0.2, 0.25) is 0 Å². The Morgan fingerprint density at radius 2 is 2.19 bits per heavy atom. The maximum absolute atomic E-state index is 11.1. The zero-order valence-electron chi connectivity index (χ0n) is 8.90. The highest BCUT2D eigenvalue weighted by atomic mass is 35.7. The van der Waals surface area contributed by atoms with Crippen molar-refractivity contribution in [2.45, 2.75) is 25.4 Å². The van der Waals surface area contributed by atoms with Crippen LogP contribution in [0.15, 0.2) is 18.2 Å². The molecule has 0 bridgehead atoms. The highest BCUT2D eigenvalue weighted by Crippen LogP contribution is 2.38. The van der Waals surface area contributed by atoms with E-state index in [-0.39, 0.29) is 0 Å². The van der Waals surface area contributed by atoms with Crippen LogP contribution in [0.1, 0.15) is 23.1 Å². The largest absolute Gasteiger partial charge is 0.384 e. The average molecular weight is 261 g/mol. The Morgan fingerprint density at radius 3 is 2.81 bits per heavy atom. The smallest absolute Gasteiger partial charge is 0.235 e. The number of hydrogen-bond acceptors (Lipinski definition) is 3. The summed E-state index contributed by atoms with van der Waals surface area (Å²) >= 11 is 0. The fraction of sp³-hybridized carbons (Fsp3) is 0.455. The van der Waals surface area contributed by atoms with Crippen molar-refractivity contribution in [1.29, 1.82) is 0 Å². The molecule has 0 aliphatic heterocycles. The Labute approximate surface area is 99.5 Å². The molecule has 1 aromatic carbocycles. The Kier molecular flexibility index (Phi) is 2.77. The van der Waals surface area contributed by atoms with Crippen LogP contribution in [0, 0.1) is 6.92 Å². The summed E-state index contributed by atoms with van der Waals surface area (Å²) in [5.41, 5.74) is 1.51. The van der Waals surface area contributed by atoms with Crippen LogP contribution >= 0.6 is 10.7 Å². The first kappa shape index (κ1) is 11.9. The second-order valence-electron chi connectivity index (χ2n) is 4.38. The summed E-state index contributed by atoms with van der Waals surface area (Å²) in [7, 11) is 1.52. The Morgan fingerprint density at radius 1 is 1.50 bits per heavy atom.